The first kappa shape index (κ1) is 17.5. The number of aliphatic hydroxyl groups is 3. The van der Waals surface area contributed by atoms with Crippen molar-refractivity contribution in [3.8, 4) is 0 Å². The van der Waals surface area contributed by atoms with Gasteiger partial charge in [0.2, 0.25) is 0 Å². The second kappa shape index (κ2) is 5.30. The summed E-state index contributed by atoms with van der Waals surface area (Å²) < 4.78 is 0. The molecule has 5 nitrogen and oxygen atoms in total. The molecule has 0 amide bonds. The van der Waals surface area contributed by atoms with Crippen LogP contribution >= 0.6 is 0 Å². The van der Waals surface area contributed by atoms with Crippen LogP contribution in [0.25, 0.3) is 0 Å². The molecule has 0 aromatic rings. The number of hydrogen-bond donors (Lipinski definition) is 4. The topological polar surface area (TPSA) is 98.0 Å². The molecule has 5 aliphatic carbocycles. The van der Waals surface area contributed by atoms with Crippen LogP contribution in [0, 0.1) is 34.0 Å². The SMILES string of the molecule is C=C1[C@H]2CC[C@]3(C(C2)[C@]2(C(=O)O)CCC[C@@](C)(CO)C2C[C@H]3O)[C@H]1O. The molecule has 0 radical (unpaired) electrons. The third-order valence-corrected chi connectivity index (χ3v) is 8.74. The number of rotatable bonds is 2. The van der Waals surface area contributed by atoms with Gasteiger partial charge in [-0.15, -0.1) is 0 Å². The molecule has 4 N–H and O–H groups in total. The maximum Gasteiger partial charge on any atom is 0.310 e. The van der Waals surface area contributed by atoms with Crippen LogP contribution in [0.15, 0.2) is 12.2 Å². The first-order chi connectivity index (χ1) is 11.7. The summed E-state index contributed by atoms with van der Waals surface area (Å²) in [5, 5.41) is 42.6. The molecular formula is C20H30O5. The smallest absolute Gasteiger partial charge is 0.310 e. The normalized spacial score (nSPS) is 54.7. The lowest BCUT2D eigenvalue weighted by atomic mass is 9.35. The van der Waals surface area contributed by atoms with Gasteiger partial charge in [-0.2, -0.15) is 0 Å². The molecule has 1 spiro atoms. The summed E-state index contributed by atoms with van der Waals surface area (Å²) in [4.78, 5) is 12.7. The van der Waals surface area contributed by atoms with Crippen LogP contribution in [0.2, 0.25) is 0 Å². The number of fused-ring (bicyclic) bond motifs is 3. The van der Waals surface area contributed by atoms with E-state index in [1.165, 1.54) is 0 Å². The first-order valence-corrected chi connectivity index (χ1v) is 9.63. The van der Waals surface area contributed by atoms with E-state index in [0.717, 1.165) is 24.8 Å². The van der Waals surface area contributed by atoms with Gasteiger partial charge in [-0.05, 0) is 67.3 Å². The maximum atomic E-state index is 12.7. The summed E-state index contributed by atoms with van der Waals surface area (Å²) in [6.45, 7) is 5.98. The average Bonchev–Trinajstić information content (AvgIpc) is 2.60. The van der Waals surface area contributed by atoms with Gasteiger partial charge in [0.15, 0.2) is 0 Å². The minimum atomic E-state index is -0.963. The molecule has 5 rings (SSSR count). The molecule has 0 heterocycles. The Morgan fingerprint density at radius 1 is 1.20 bits per heavy atom. The Hall–Kier alpha value is -0.910. The highest BCUT2D eigenvalue weighted by atomic mass is 16.4. The van der Waals surface area contributed by atoms with Crippen molar-refractivity contribution in [2.24, 2.45) is 34.0 Å². The summed E-state index contributed by atoms with van der Waals surface area (Å²) in [5.41, 5.74) is -1.46. The van der Waals surface area contributed by atoms with Gasteiger partial charge in [0.25, 0.3) is 0 Å². The van der Waals surface area contributed by atoms with Gasteiger partial charge >= 0.3 is 5.97 Å². The van der Waals surface area contributed by atoms with Gasteiger partial charge < -0.3 is 20.4 Å². The monoisotopic (exact) mass is 350 g/mol. The molecule has 8 atom stereocenters. The molecule has 2 unspecified atom stereocenters. The van der Waals surface area contributed by atoms with Gasteiger partial charge in [-0.25, -0.2) is 0 Å². The van der Waals surface area contributed by atoms with Crippen molar-refractivity contribution in [1.82, 2.24) is 0 Å². The molecule has 0 aliphatic heterocycles. The highest BCUT2D eigenvalue weighted by Crippen LogP contribution is 2.72. The van der Waals surface area contributed by atoms with Gasteiger partial charge in [-0.1, -0.05) is 19.9 Å². The number of hydrogen-bond acceptors (Lipinski definition) is 4. The molecule has 25 heavy (non-hydrogen) atoms. The van der Waals surface area contributed by atoms with Gasteiger partial charge in [0.1, 0.15) is 0 Å². The first-order valence-electron chi connectivity index (χ1n) is 9.63. The zero-order valence-corrected chi connectivity index (χ0v) is 14.9. The number of aliphatic hydroxyl groups excluding tert-OH is 3. The van der Waals surface area contributed by atoms with E-state index >= 15 is 0 Å². The Morgan fingerprint density at radius 3 is 2.56 bits per heavy atom. The molecule has 0 aromatic heterocycles. The molecule has 5 saturated carbocycles. The average molecular weight is 350 g/mol. The Morgan fingerprint density at radius 2 is 1.92 bits per heavy atom. The van der Waals surface area contributed by atoms with E-state index in [4.69, 9.17) is 0 Å². The second-order valence-electron chi connectivity index (χ2n) is 9.43. The van der Waals surface area contributed by atoms with E-state index < -0.39 is 34.4 Å². The van der Waals surface area contributed by atoms with Crippen molar-refractivity contribution in [3.63, 3.8) is 0 Å². The van der Waals surface area contributed by atoms with Crippen LogP contribution in [0.4, 0.5) is 0 Å². The Bertz CT molecular complexity index is 617. The molecule has 5 fully saturated rings. The van der Waals surface area contributed by atoms with Crippen molar-refractivity contribution in [3.05, 3.63) is 12.2 Å². The van der Waals surface area contributed by atoms with Crippen LogP contribution in [0.3, 0.4) is 0 Å². The summed E-state index contributed by atoms with van der Waals surface area (Å²) in [6.07, 6.45) is 3.15. The standard InChI is InChI=1S/C20H30O5/c1-11-12-4-7-20(16(11)23)14(8-12)19(17(24)25)6-3-5-18(2,10-21)13(19)9-15(20)22/h12-16,21-23H,1,3-10H2,2H3,(H,24,25)/t12-,13?,14?,15+,16-,18-,19-,20+/m0/s1. The van der Waals surface area contributed by atoms with Gasteiger partial charge in [0, 0.05) is 12.0 Å². The Kier molecular flexibility index (Phi) is 3.71. The third kappa shape index (κ3) is 1.87. The minimum Gasteiger partial charge on any atom is -0.481 e. The van der Waals surface area contributed by atoms with Crippen LogP contribution < -0.4 is 0 Å². The maximum absolute atomic E-state index is 12.7. The Labute approximate surface area is 148 Å². The van der Waals surface area contributed by atoms with E-state index in [2.05, 4.69) is 6.58 Å². The predicted molar refractivity (Wildman–Crippen MR) is 91.6 cm³/mol. The van der Waals surface area contributed by atoms with Crippen molar-refractivity contribution in [2.45, 2.75) is 64.1 Å². The quantitative estimate of drug-likeness (QED) is 0.571. The molecule has 0 saturated heterocycles. The minimum absolute atomic E-state index is 0.0577. The molecular weight excluding hydrogens is 320 g/mol. The van der Waals surface area contributed by atoms with Gasteiger partial charge in [-0.3, -0.25) is 4.79 Å². The van der Waals surface area contributed by atoms with E-state index in [1.807, 2.05) is 6.92 Å². The van der Waals surface area contributed by atoms with Crippen molar-refractivity contribution in [1.29, 1.82) is 0 Å². The van der Waals surface area contributed by atoms with E-state index in [1.54, 1.807) is 0 Å². The second-order valence-corrected chi connectivity index (χ2v) is 9.43. The van der Waals surface area contributed by atoms with Crippen LogP contribution in [-0.4, -0.2) is 45.2 Å². The van der Waals surface area contributed by atoms with Crippen molar-refractivity contribution >= 4 is 5.97 Å². The number of carboxylic acid groups (broad SMARTS) is 1. The van der Waals surface area contributed by atoms with Crippen LogP contribution in [0.5, 0.6) is 0 Å². The molecule has 0 aromatic carbocycles. The van der Waals surface area contributed by atoms with Gasteiger partial charge in [0.05, 0.1) is 17.6 Å². The van der Waals surface area contributed by atoms with Crippen LogP contribution in [-0.2, 0) is 4.79 Å². The van der Waals surface area contributed by atoms with E-state index in [9.17, 15) is 25.2 Å². The lowest BCUT2D eigenvalue weighted by Crippen LogP contribution is -2.71. The zero-order valence-electron chi connectivity index (χ0n) is 14.9. The Balaban J connectivity index is 1.89. The highest BCUT2D eigenvalue weighted by Gasteiger charge is 2.73. The summed E-state index contributed by atoms with van der Waals surface area (Å²) in [5.74, 6) is -1.18. The van der Waals surface area contributed by atoms with E-state index in [-0.39, 0.29) is 24.4 Å². The fourth-order valence-electron chi connectivity index (χ4n) is 7.43. The lowest BCUT2D eigenvalue weighted by molar-refractivity contribution is -0.259. The summed E-state index contributed by atoms with van der Waals surface area (Å²) >= 11 is 0. The van der Waals surface area contributed by atoms with E-state index in [0.29, 0.717) is 25.7 Å². The molecule has 5 heteroatoms. The fourth-order valence-corrected chi connectivity index (χ4v) is 7.43. The fraction of sp³-hybridized carbons (Fsp3) is 0.850. The van der Waals surface area contributed by atoms with Crippen LogP contribution in [0.1, 0.15) is 51.9 Å². The summed E-state index contributed by atoms with van der Waals surface area (Å²) in [6, 6.07) is 0. The zero-order chi connectivity index (χ0) is 18.2. The number of aliphatic carboxylic acids is 1. The number of carbonyl (C=O) groups is 1. The number of carboxylic acids is 1. The predicted octanol–water partition coefficient (Wildman–Crippen LogP) is 1.95. The largest absolute Gasteiger partial charge is 0.481 e. The third-order valence-electron chi connectivity index (χ3n) is 8.74. The van der Waals surface area contributed by atoms with Crippen molar-refractivity contribution in [2.75, 3.05) is 6.61 Å². The highest BCUT2D eigenvalue weighted by molar-refractivity contribution is 5.77. The lowest BCUT2D eigenvalue weighted by Gasteiger charge is -2.69. The van der Waals surface area contributed by atoms with Crippen molar-refractivity contribution < 1.29 is 25.2 Å². The summed E-state index contributed by atoms with van der Waals surface area (Å²) in [7, 11) is 0. The molecule has 140 valence electrons. The molecule has 5 aliphatic rings. The molecule has 2 bridgehead atoms.